The molecule has 0 aliphatic heterocycles. The molecule has 2 aromatic rings. The van der Waals surface area contributed by atoms with E-state index in [-0.39, 0.29) is 5.56 Å². The average molecular weight is 330 g/mol. The van der Waals surface area contributed by atoms with Gasteiger partial charge in [0.25, 0.3) is 5.69 Å². The molecule has 10 nitrogen and oxygen atoms in total. The van der Waals surface area contributed by atoms with Gasteiger partial charge in [0.2, 0.25) is 17.3 Å². The van der Waals surface area contributed by atoms with Crippen molar-refractivity contribution in [2.24, 2.45) is 0 Å². The van der Waals surface area contributed by atoms with Gasteiger partial charge < -0.3 is 10.2 Å². The molecule has 0 atom stereocenters. The summed E-state index contributed by atoms with van der Waals surface area (Å²) in [6.07, 6.45) is 0. The van der Waals surface area contributed by atoms with E-state index in [2.05, 4.69) is 0 Å². The predicted molar refractivity (Wildman–Crippen MR) is 76.4 cm³/mol. The van der Waals surface area contributed by atoms with Crippen molar-refractivity contribution < 1.29 is 29.6 Å². The molecular formula is C14H6N2O8. The number of ketones is 2. The van der Waals surface area contributed by atoms with Crippen molar-refractivity contribution in [1.29, 1.82) is 0 Å². The van der Waals surface area contributed by atoms with Crippen molar-refractivity contribution in [2.75, 3.05) is 0 Å². The SMILES string of the molecule is O=C1c2c(O)cccc2C(=O)c2c1c([N+](=O)[O-])cc(O)c2[N+](=O)[O-]. The number of phenolic OH excluding ortho intramolecular Hbond substituents is 2. The van der Waals surface area contributed by atoms with Crippen LogP contribution in [0.2, 0.25) is 0 Å². The van der Waals surface area contributed by atoms with Gasteiger partial charge in [0.05, 0.1) is 21.5 Å². The van der Waals surface area contributed by atoms with Crippen LogP contribution in [0, 0.1) is 20.2 Å². The topological polar surface area (TPSA) is 161 Å². The minimum atomic E-state index is -1.10. The number of fused-ring (bicyclic) bond motifs is 2. The second kappa shape index (κ2) is 4.84. The van der Waals surface area contributed by atoms with E-state index in [1.165, 1.54) is 6.07 Å². The van der Waals surface area contributed by atoms with Gasteiger partial charge in [0.1, 0.15) is 16.9 Å². The first-order chi connectivity index (χ1) is 11.3. The summed E-state index contributed by atoms with van der Waals surface area (Å²) in [4.78, 5) is 45.3. The maximum absolute atomic E-state index is 12.6. The van der Waals surface area contributed by atoms with E-state index >= 15 is 0 Å². The van der Waals surface area contributed by atoms with Crippen molar-refractivity contribution >= 4 is 22.9 Å². The summed E-state index contributed by atoms with van der Waals surface area (Å²) in [6.45, 7) is 0. The molecule has 0 bridgehead atoms. The number of benzene rings is 2. The third-order valence-electron chi connectivity index (χ3n) is 3.61. The number of aromatic hydroxyl groups is 2. The second-order valence-electron chi connectivity index (χ2n) is 4.89. The van der Waals surface area contributed by atoms with Crippen LogP contribution in [0.5, 0.6) is 11.5 Å². The fourth-order valence-corrected chi connectivity index (χ4v) is 2.65. The molecule has 0 saturated heterocycles. The number of phenols is 2. The number of carbonyl (C=O) groups is 2. The first kappa shape index (κ1) is 15.1. The van der Waals surface area contributed by atoms with Crippen molar-refractivity contribution in [3.63, 3.8) is 0 Å². The number of carbonyl (C=O) groups excluding carboxylic acids is 2. The van der Waals surface area contributed by atoms with Gasteiger partial charge in [-0.05, 0) is 6.07 Å². The van der Waals surface area contributed by atoms with Crippen molar-refractivity contribution in [3.8, 4) is 11.5 Å². The highest BCUT2D eigenvalue weighted by molar-refractivity contribution is 6.32. The molecule has 10 heteroatoms. The highest BCUT2D eigenvalue weighted by Crippen LogP contribution is 2.44. The Labute approximate surface area is 131 Å². The van der Waals surface area contributed by atoms with E-state index in [1.54, 1.807) is 0 Å². The summed E-state index contributed by atoms with van der Waals surface area (Å²) in [5, 5.41) is 41.8. The lowest BCUT2D eigenvalue weighted by atomic mass is 9.81. The number of hydrogen-bond donors (Lipinski definition) is 2. The lowest BCUT2D eigenvalue weighted by molar-refractivity contribution is -0.390. The normalized spacial score (nSPS) is 12.5. The van der Waals surface area contributed by atoms with Gasteiger partial charge in [0, 0.05) is 5.56 Å². The molecule has 3 rings (SSSR count). The Hall–Kier alpha value is -3.82. The minimum Gasteiger partial charge on any atom is -0.507 e. The number of nitrogens with zero attached hydrogens (tertiary/aromatic N) is 2. The lowest BCUT2D eigenvalue weighted by Gasteiger charge is -2.18. The molecule has 2 N–H and O–H groups in total. The molecule has 0 heterocycles. The fourth-order valence-electron chi connectivity index (χ4n) is 2.65. The fraction of sp³-hybridized carbons (Fsp3) is 0. The third kappa shape index (κ3) is 1.83. The molecule has 24 heavy (non-hydrogen) atoms. The van der Waals surface area contributed by atoms with Crippen LogP contribution >= 0.6 is 0 Å². The van der Waals surface area contributed by atoms with E-state index in [4.69, 9.17) is 0 Å². The van der Waals surface area contributed by atoms with Crippen LogP contribution in [0.3, 0.4) is 0 Å². The minimum absolute atomic E-state index is 0.338. The van der Waals surface area contributed by atoms with Gasteiger partial charge in [-0.3, -0.25) is 29.8 Å². The Morgan fingerprint density at radius 3 is 2.08 bits per heavy atom. The van der Waals surface area contributed by atoms with Gasteiger partial charge >= 0.3 is 5.69 Å². The predicted octanol–water partition coefficient (Wildman–Crippen LogP) is 1.69. The summed E-state index contributed by atoms with van der Waals surface area (Å²) in [5.41, 5.74) is -4.56. The summed E-state index contributed by atoms with van der Waals surface area (Å²) in [7, 11) is 0. The second-order valence-corrected chi connectivity index (χ2v) is 4.89. The molecule has 0 saturated carbocycles. The summed E-state index contributed by atoms with van der Waals surface area (Å²) in [6, 6.07) is 3.94. The number of rotatable bonds is 2. The van der Waals surface area contributed by atoms with Crippen LogP contribution in [-0.2, 0) is 0 Å². The summed E-state index contributed by atoms with van der Waals surface area (Å²) < 4.78 is 0. The van der Waals surface area contributed by atoms with Gasteiger partial charge in [-0.1, -0.05) is 12.1 Å². The maximum atomic E-state index is 12.6. The van der Waals surface area contributed by atoms with Crippen LogP contribution in [0.15, 0.2) is 24.3 Å². The number of hydrogen-bond acceptors (Lipinski definition) is 8. The molecule has 0 amide bonds. The quantitative estimate of drug-likeness (QED) is 0.530. The standard InChI is InChI=1S/C14H6N2O8/c17-7-3-1-2-5-9(7)14(20)10-6(15(21)22)4-8(18)12(16(23)24)11(10)13(5)19/h1-4,17-18H. The molecule has 1 aliphatic carbocycles. The van der Waals surface area contributed by atoms with Crippen LogP contribution < -0.4 is 0 Å². The van der Waals surface area contributed by atoms with E-state index < -0.39 is 61.0 Å². The van der Waals surface area contributed by atoms with Gasteiger partial charge in [-0.15, -0.1) is 0 Å². The molecule has 0 aromatic heterocycles. The smallest absolute Gasteiger partial charge is 0.323 e. The maximum Gasteiger partial charge on any atom is 0.323 e. The molecule has 0 spiro atoms. The number of nitro benzene ring substituents is 2. The van der Waals surface area contributed by atoms with Crippen molar-refractivity contribution in [2.45, 2.75) is 0 Å². The van der Waals surface area contributed by atoms with E-state index in [9.17, 15) is 40.0 Å². The Bertz CT molecular complexity index is 979. The van der Waals surface area contributed by atoms with Crippen LogP contribution in [0.4, 0.5) is 11.4 Å². The molecule has 1 aliphatic rings. The first-order valence-electron chi connectivity index (χ1n) is 6.35. The molecule has 120 valence electrons. The molecular weight excluding hydrogens is 324 g/mol. The Balaban J connectivity index is 2.51. The van der Waals surface area contributed by atoms with Crippen LogP contribution in [0.25, 0.3) is 0 Å². The lowest BCUT2D eigenvalue weighted by Crippen LogP contribution is -2.23. The van der Waals surface area contributed by atoms with Crippen LogP contribution in [0.1, 0.15) is 31.8 Å². The molecule has 0 fully saturated rings. The van der Waals surface area contributed by atoms with Crippen molar-refractivity contribution in [3.05, 3.63) is 66.7 Å². The van der Waals surface area contributed by atoms with Gasteiger partial charge in [-0.25, -0.2) is 0 Å². The van der Waals surface area contributed by atoms with Crippen molar-refractivity contribution in [1.82, 2.24) is 0 Å². The zero-order valence-electron chi connectivity index (χ0n) is 11.5. The molecule has 2 aromatic carbocycles. The Morgan fingerprint density at radius 2 is 1.50 bits per heavy atom. The van der Waals surface area contributed by atoms with E-state index in [0.717, 1.165) is 12.1 Å². The monoisotopic (exact) mass is 330 g/mol. The largest absolute Gasteiger partial charge is 0.507 e. The summed E-state index contributed by atoms with van der Waals surface area (Å²) in [5.74, 6) is -3.86. The molecule has 0 unspecified atom stereocenters. The zero-order chi connectivity index (χ0) is 17.8. The van der Waals surface area contributed by atoms with E-state index in [1.807, 2.05) is 0 Å². The number of nitro groups is 2. The Morgan fingerprint density at radius 1 is 0.833 bits per heavy atom. The Kier molecular flexibility index (Phi) is 3.04. The average Bonchev–Trinajstić information content (AvgIpc) is 2.50. The van der Waals surface area contributed by atoms with Gasteiger partial charge in [-0.2, -0.15) is 0 Å². The van der Waals surface area contributed by atoms with Gasteiger partial charge in [0.15, 0.2) is 0 Å². The zero-order valence-corrected chi connectivity index (χ0v) is 11.5. The highest BCUT2D eigenvalue weighted by Gasteiger charge is 2.44. The van der Waals surface area contributed by atoms with Crippen LogP contribution in [-0.4, -0.2) is 31.6 Å². The highest BCUT2D eigenvalue weighted by atomic mass is 16.6. The first-order valence-corrected chi connectivity index (χ1v) is 6.35. The third-order valence-corrected chi connectivity index (χ3v) is 3.61. The molecule has 0 radical (unpaired) electrons. The summed E-state index contributed by atoms with van der Waals surface area (Å²) >= 11 is 0. The van der Waals surface area contributed by atoms with E-state index in [0.29, 0.717) is 6.07 Å².